The number of hydrogen-bond donors (Lipinski definition) is 2. The molecule has 0 spiro atoms. The molecule has 0 aliphatic carbocycles. The van der Waals surface area contributed by atoms with Crippen LogP contribution in [-0.4, -0.2) is 46.4 Å². The monoisotopic (exact) mass is 469 g/mol. The SMILES string of the molecule is CCOc1ccc([C@H]2c3c(-c4ccccc4O)n[nH]c3C(=O)N2CCc2ccccc2)cc1OC. The maximum Gasteiger partial charge on any atom is 0.273 e. The predicted octanol–water partition coefficient (Wildman–Crippen LogP) is 4.98. The fourth-order valence-corrected chi connectivity index (χ4v) is 4.68. The lowest BCUT2D eigenvalue weighted by molar-refractivity contribution is 0.0745. The molecule has 0 unspecified atom stereocenters. The van der Waals surface area contributed by atoms with Gasteiger partial charge in [0.2, 0.25) is 0 Å². The van der Waals surface area contributed by atoms with E-state index in [-0.39, 0.29) is 11.7 Å². The highest BCUT2D eigenvalue weighted by Gasteiger charge is 2.42. The third kappa shape index (κ3) is 4.10. The number of aromatic hydroxyl groups is 1. The van der Waals surface area contributed by atoms with Gasteiger partial charge in [0.05, 0.1) is 19.8 Å². The second-order valence-corrected chi connectivity index (χ2v) is 8.36. The van der Waals surface area contributed by atoms with Crippen LogP contribution in [-0.2, 0) is 6.42 Å². The molecule has 1 aliphatic heterocycles. The summed E-state index contributed by atoms with van der Waals surface area (Å²) in [4.78, 5) is 15.4. The number of carbonyl (C=O) groups excluding carboxylic acids is 1. The van der Waals surface area contributed by atoms with E-state index in [1.54, 1.807) is 25.3 Å². The van der Waals surface area contributed by atoms with Crippen LogP contribution in [0.1, 0.15) is 40.1 Å². The van der Waals surface area contributed by atoms with Gasteiger partial charge in [-0.25, -0.2) is 0 Å². The summed E-state index contributed by atoms with van der Waals surface area (Å²) in [6.07, 6.45) is 0.709. The van der Waals surface area contributed by atoms with Gasteiger partial charge in [-0.1, -0.05) is 48.5 Å². The van der Waals surface area contributed by atoms with Gasteiger partial charge in [-0.3, -0.25) is 9.89 Å². The maximum absolute atomic E-state index is 13.6. The predicted molar refractivity (Wildman–Crippen MR) is 133 cm³/mol. The second-order valence-electron chi connectivity index (χ2n) is 8.36. The summed E-state index contributed by atoms with van der Waals surface area (Å²) < 4.78 is 11.3. The van der Waals surface area contributed by atoms with Gasteiger partial charge in [-0.15, -0.1) is 0 Å². The first-order valence-corrected chi connectivity index (χ1v) is 11.6. The zero-order valence-corrected chi connectivity index (χ0v) is 19.7. The lowest BCUT2D eigenvalue weighted by Crippen LogP contribution is -2.31. The molecule has 1 amide bonds. The Balaban J connectivity index is 1.61. The van der Waals surface area contributed by atoms with Gasteiger partial charge < -0.3 is 19.5 Å². The number of methoxy groups -OCH3 is 1. The summed E-state index contributed by atoms with van der Waals surface area (Å²) >= 11 is 0. The van der Waals surface area contributed by atoms with Crippen LogP contribution in [0.25, 0.3) is 11.3 Å². The zero-order valence-electron chi connectivity index (χ0n) is 19.7. The van der Waals surface area contributed by atoms with Crippen molar-refractivity contribution < 1.29 is 19.4 Å². The van der Waals surface area contributed by atoms with Crippen LogP contribution < -0.4 is 9.47 Å². The average molecular weight is 470 g/mol. The molecule has 1 aromatic heterocycles. The highest BCUT2D eigenvalue weighted by molar-refractivity contribution is 6.00. The summed E-state index contributed by atoms with van der Waals surface area (Å²) in [5, 5.41) is 17.9. The van der Waals surface area contributed by atoms with Crippen molar-refractivity contribution in [1.29, 1.82) is 0 Å². The highest BCUT2D eigenvalue weighted by atomic mass is 16.5. The van der Waals surface area contributed by atoms with Gasteiger partial charge in [-0.2, -0.15) is 5.10 Å². The summed E-state index contributed by atoms with van der Waals surface area (Å²) in [6, 6.07) is 22.5. The van der Waals surface area contributed by atoms with Crippen LogP contribution in [0.2, 0.25) is 0 Å². The fourth-order valence-electron chi connectivity index (χ4n) is 4.68. The van der Waals surface area contributed by atoms with E-state index in [1.165, 1.54) is 0 Å². The number of ether oxygens (including phenoxy) is 2. The number of benzene rings is 3. The van der Waals surface area contributed by atoms with Crippen molar-refractivity contribution in [2.24, 2.45) is 0 Å². The Hall–Kier alpha value is -4.26. The number of amides is 1. The molecule has 3 aromatic carbocycles. The third-order valence-corrected chi connectivity index (χ3v) is 6.31. The number of fused-ring (bicyclic) bond motifs is 1. The molecule has 4 aromatic rings. The van der Waals surface area contributed by atoms with Gasteiger partial charge in [0.25, 0.3) is 5.91 Å². The average Bonchev–Trinajstić information content (AvgIpc) is 3.43. The quantitative estimate of drug-likeness (QED) is 0.380. The van der Waals surface area contributed by atoms with Crippen molar-refractivity contribution >= 4 is 5.91 Å². The van der Waals surface area contributed by atoms with Gasteiger partial charge in [-0.05, 0) is 48.7 Å². The van der Waals surface area contributed by atoms with E-state index < -0.39 is 6.04 Å². The van der Waals surface area contributed by atoms with Crippen molar-refractivity contribution in [2.45, 2.75) is 19.4 Å². The second kappa shape index (κ2) is 9.54. The van der Waals surface area contributed by atoms with E-state index in [1.807, 2.05) is 54.3 Å². The van der Waals surface area contributed by atoms with E-state index in [4.69, 9.17) is 9.47 Å². The Bertz CT molecular complexity index is 1350. The number of H-pyrrole nitrogens is 1. The molecule has 0 saturated heterocycles. The smallest absolute Gasteiger partial charge is 0.273 e. The van der Waals surface area contributed by atoms with E-state index in [9.17, 15) is 9.90 Å². The summed E-state index contributed by atoms with van der Waals surface area (Å²) in [7, 11) is 1.60. The Morgan fingerprint density at radius 1 is 1.03 bits per heavy atom. The number of nitrogens with one attached hydrogen (secondary N) is 1. The molecule has 7 heteroatoms. The number of carbonyl (C=O) groups is 1. The molecule has 0 radical (unpaired) electrons. The zero-order chi connectivity index (χ0) is 24.4. The van der Waals surface area contributed by atoms with Crippen molar-refractivity contribution in [3.8, 4) is 28.5 Å². The van der Waals surface area contributed by atoms with Crippen LogP contribution in [0, 0.1) is 0 Å². The Morgan fingerprint density at radius 2 is 1.80 bits per heavy atom. The minimum Gasteiger partial charge on any atom is -0.507 e. The number of hydrogen-bond acceptors (Lipinski definition) is 5. The van der Waals surface area contributed by atoms with E-state index >= 15 is 0 Å². The molecule has 7 nitrogen and oxygen atoms in total. The van der Waals surface area contributed by atoms with Gasteiger partial charge in [0.15, 0.2) is 11.5 Å². The van der Waals surface area contributed by atoms with Crippen LogP contribution in [0.5, 0.6) is 17.2 Å². The first-order chi connectivity index (χ1) is 17.1. The maximum atomic E-state index is 13.6. The summed E-state index contributed by atoms with van der Waals surface area (Å²) in [6.45, 7) is 2.96. The topological polar surface area (TPSA) is 87.7 Å². The first kappa shape index (κ1) is 22.5. The lowest BCUT2D eigenvalue weighted by Gasteiger charge is -2.27. The Labute approximate surface area is 203 Å². The number of phenols is 1. The molecule has 0 fully saturated rings. The fraction of sp³-hybridized carbons (Fsp3) is 0.214. The lowest BCUT2D eigenvalue weighted by atomic mass is 9.95. The molecular formula is C28H27N3O4. The largest absolute Gasteiger partial charge is 0.507 e. The number of nitrogens with zero attached hydrogens (tertiary/aromatic N) is 2. The van der Waals surface area contributed by atoms with Crippen LogP contribution in [0.4, 0.5) is 0 Å². The van der Waals surface area contributed by atoms with Gasteiger partial charge in [0, 0.05) is 17.7 Å². The van der Waals surface area contributed by atoms with Crippen molar-refractivity contribution in [3.63, 3.8) is 0 Å². The molecule has 35 heavy (non-hydrogen) atoms. The summed E-state index contributed by atoms with van der Waals surface area (Å²) in [5.74, 6) is 1.23. The van der Waals surface area contributed by atoms with Gasteiger partial charge in [0.1, 0.15) is 17.1 Å². The molecule has 178 valence electrons. The summed E-state index contributed by atoms with van der Waals surface area (Å²) in [5.41, 5.74) is 4.35. The Kier molecular flexibility index (Phi) is 6.14. The van der Waals surface area contributed by atoms with Crippen molar-refractivity contribution in [3.05, 3.63) is 95.2 Å². The van der Waals surface area contributed by atoms with Crippen molar-refractivity contribution in [2.75, 3.05) is 20.3 Å². The Morgan fingerprint density at radius 3 is 2.54 bits per heavy atom. The highest BCUT2D eigenvalue weighted by Crippen LogP contribution is 2.45. The molecule has 2 heterocycles. The normalized spacial score (nSPS) is 14.7. The minimum absolute atomic E-state index is 0.111. The van der Waals surface area contributed by atoms with E-state index in [0.717, 1.165) is 16.7 Å². The number of phenolic OH excluding ortho intramolecular Hbond substituents is 1. The first-order valence-electron chi connectivity index (χ1n) is 11.6. The van der Waals surface area contributed by atoms with E-state index in [2.05, 4.69) is 22.3 Å². The third-order valence-electron chi connectivity index (χ3n) is 6.31. The molecule has 2 N–H and O–H groups in total. The number of para-hydroxylation sites is 1. The molecule has 0 saturated carbocycles. The number of aromatic amines is 1. The van der Waals surface area contributed by atoms with Crippen LogP contribution >= 0.6 is 0 Å². The molecule has 1 atom stereocenters. The van der Waals surface area contributed by atoms with Crippen molar-refractivity contribution in [1.82, 2.24) is 15.1 Å². The number of aromatic nitrogens is 2. The standard InChI is InChI=1S/C28H27N3O4/c1-3-35-22-14-13-19(17-23(22)34-2)27-24-25(20-11-7-8-12-21(20)32)29-30-26(24)28(33)31(27)16-15-18-9-5-4-6-10-18/h4-14,17,27,32H,3,15-16H2,1-2H3,(H,29,30)/t27-/m0/s1. The van der Waals surface area contributed by atoms with E-state index in [0.29, 0.717) is 48.0 Å². The molecular weight excluding hydrogens is 442 g/mol. The molecule has 1 aliphatic rings. The molecule has 5 rings (SSSR count). The number of rotatable bonds is 8. The van der Waals surface area contributed by atoms with Crippen LogP contribution in [0.3, 0.4) is 0 Å². The van der Waals surface area contributed by atoms with Gasteiger partial charge >= 0.3 is 0 Å². The minimum atomic E-state index is -0.404. The molecule has 0 bridgehead atoms. The van der Waals surface area contributed by atoms with Crippen LogP contribution in [0.15, 0.2) is 72.8 Å².